The Bertz CT molecular complexity index is 501. The van der Waals surface area contributed by atoms with Gasteiger partial charge in [0.1, 0.15) is 35.9 Å². The maximum absolute atomic E-state index is 12.8. The fourth-order valence-electron chi connectivity index (χ4n) is 2.14. The van der Waals surface area contributed by atoms with Crippen molar-refractivity contribution in [3.05, 3.63) is 23.8 Å². The maximum Gasteiger partial charge on any atom is 0.229 e. The zero-order valence-corrected chi connectivity index (χ0v) is 11.5. The third-order valence-corrected chi connectivity index (χ3v) is 3.42. The Morgan fingerprint density at radius 3 is 2.45 bits per heavy atom. The first-order valence-corrected chi connectivity index (χ1v) is 6.59. The van der Waals surface area contributed by atoms with Crippen molar-refractivity contribution in [2.75, 3.05) is 12.1 Å². The monoisotopic (exact) mass is 319 g/mol. The average molecular weight is 319 g/mol. The molecule has 1 aromatic rings. The number of anilines is 1. The van der Waals surface area contributed by atoms with Crippen LogP contribution in [0.25, 0.3) is 0 Å². The minimum absolute atomic E-state index is 0.0379. The van der Waals surface area contributed by atoms with Gasteiger partial charge in [-0.1, -0.05) is 6.07 Å². The van der Waals surface area contributed by atoms with E-state index < -0.39 is 37.3 Å². The largest absolute Gasteiger partial charge is 0.460 e. The van der Waals surface area contributed by atoms with Gasteiger partial charge in [-0.05, 0) is 17.7 Å². The van der Waals surface area contributed by atoms with Gasteiger partial charge in [0.15, 0.2) is 0 Å². The van der Waals surface area contributed by atoms with E-state index in [2.05, 4.69) is 0 Å². The third-order valence-electron chi connectivity index (χ3n) is 3.42. The van der Waals surface area contributed by atoms with E-state index in [0.717, 1.165) is 0 Å². The summed E-state index contributed by atoms with van der Waals surface area (Å²) in [6.07, 6.45) is -7.22. The summed E-state index contributed by atoms with van der Waals surface area (Å²) < 4.78 is 23.3. The first kappa shape index (κ1) is 16.9. The van der Waals surface area contributed by atoms with Crippen LogP contribution in [0.15, 0.2) is 18.2 Å². The van der Waals surface area contributed by atoms with Crippen LogP contribution < -0.4 is 10.3 Å². The molecule has 1 aliphatic rings. The quantitative estimate of drug-likeness (QED) is 0.367. The van der Waals surface area contributed by atoms with Crippen LogP contribution in [0.5, 0.6) is 5.75 Å². The van der Waals surface area contributed by atoms with E-state index in [-0.39, 0.29) is 18.0 Å². The van der Waals surface area contributed by atoms with Crippen molar-refractivity contribution in [1.29, 1.82) is 0 Å². The molecular weight excluding hydrogens is 301 g/mol. The van der Waals surface area contributed by atoms with Gasteiger partial charge in [0.2, 0.25) is 6.29 Å². The predicted molar refractivity (Wildman–Crippen MR) is 71.5 cm³/mol. The molecule has 0 amide bonds. The molecule has 1 heterocycles. The average Bonchev–Trinajstić information content (AvgIpc) is 2.55. The van der Waals surface area contributed by atoms with Crippen molar-refractivity contribution < 1.29 is 39.5 Å². The number of aliphatic hydroxyl groups excluding tert-OH is 5. The van der Waals surface area contributed by atoms with Gasteiger partial charge < -0.3 is 35.0 Å². The van der Waals surface area contributed by atoms with Gasteiger partial charge in [-0.3, -0.25) is 0 Å². The van der Waals surface area contributed by atoms with Crippen LogP contribution in [0, 0.1) is 0 Å². The highest BCUT2D eigenvalue weighted by atomic mass is 19.2. The van der Waals surface area contributed by atoms with Gasteiger partial charge >= 0.3 is 0 Å². The summed E-state index contributed by atoms with van der Waals surface area (Å²) in [6.45, 7) is -0.891. The number of halogens is 1. The lowest BCUT2D eigenvalue weighted by molar-refractivity contribution is -0.277. The van der Waals surface area contributed by atoms with Crippen LogP contribution in [0.3, 0.4) is 0 Å². The first-order chi connectivity index (χ1) is 10.5. The van der Waals surface area contributed by atoms with Crippen LogP contribution in [-0.2, 0) is 11.3 Å². The first-order valence-electron chi connectivity index (χ1n) is 6.59. The van der Waals surface area contributed by atoms with Gasteiger partial charge in [0.25, 0.3) is 0 Å². The number of rotatable bonds is 5. The second-order valence-electron chi connectivity index (χ2n) is 4.90. The standard InChI is InChI=1S/C13H18FNO7/c14-15-7-3-6(4-16)1-2-8(7)21-13-12(20)11(19)10(18)9(5-17)22-13/h1-3,9-13,15-20H,4-5H2. The summed E-state index contributed by atoms with van der Waals surface area (Å²) in [4.78, 5) is 0. The molecule has 1 saturated heterocycles. The number of aliphatic hydroxyl groups is 5. The van der Waals surface area contributed by atoms with Gasteiger partial charge in [-0.15, -0.1) is 4.48 Å². The fraction of sp³-hybridized carbons (Fsp3) is 0.538. The van der Waals surface area contributed by atoms with Gasteiger partial charge in [0.05, 0.1) is 13.2 Å². The Morgan fingerprint density at radius 2 is 1.86 bits per heavy atom. The molecule has 8 nitrogen and oxygen atoms in total. The second kappa shape index (κ2) is 7.18. The Kier molecular flexibility index (Phi) is 5.51. The van der Waals surface area contributed by atoms with Crippen LogP contribution in [0.4, 0.5) is 10.2 Å². The van der Waals surface area contributed by atoms with Gasteiger partial charge in [0, 0.05) is 0 Å². The topological polar surface area (TPSA) is 132 Å². The molecule has 0 bridgehead atoms. The number of hydrogen-bond acceptors (Lipinski definition) is 8. The summed E-state index contributed by atoms with van der Waals surface area (Å²) in [5.74, 6) is -0.0379. The lowest BCUT2D eigenvalue weighted by atomic mass is 9.99. The molecular formula is C13H18FNO7. The summed E-state index contributed by atoms with van der Waals surface area (Å²) in [6, 6.07) is 4.11. The molecule has 1 aliphatic heterocycles. The molecule has 0 spiro atoms. The molecule has 0 radical (unpaired) electrons. The number of ether oxygens (including phenoxy) is 2. The zero-order valence-electron chi connectivity index (χ0n) is 11.5. The zero-order chi connectivity index (χ0) is 16.3. The van der Waals surface area contributed by atoms with E-state index in [0.29, 0.717) is 5.56 Å². The van der Waals surface area contributed by atoms with E-state index in [4.69, 9.17) is 19.7 Å². The van der Waals surface area contributed by atoms with Crippen LogP contribution >= 0.6 is 0 Å². The molecule has 9 heteroatoms. The SMILES string of the molecule is OCc1ccc(OC2OC(CO)C(O)C(O)C2O)c(NF)c1. The molecule has 22 heavy (non-hydrogen) atoms. The van der Waals surface area contributed by atoms with Crippen molar-refractivity contribution in [2.45, 2.75) is 37.3 Å². The highest BCUT2D eigenvalue weighted by Crippen LogP contribution is 2.30. The Labute approximate surface area is 125 Å². The second-order valence-corrected chi connectivity index (χ2v) is 4.90. The van der Waals surface area contributed by atoms with E-state index >= 15 is 0 Å². The number of nitrogens with one attached hydrogen (secondary N) is 1. The van der Waals surface area contributed by atoms with E-state index in [1.54, 1.807) is 0 Å². The summed E-state index contributed by atoms with van der Waals surface area (Å²) in [5, 5.41) is 47.3. The summed E-state index contributed by atoms with van der Waals surface area (Å²) in [5.41, 5.74) is 1.71. The summed E-state index contributed by atoms with van der Waals surface area (Å²) in [7, 11) is 0. The lowest BCUT2D eigenvalue weighted by Crippen LogP contribution is -2.60. The lowest BCUT2D eigenvalue weighted by Gasteiger charge is -2.39. The number of benzene rings is 1. The molecule has 0 aromatic heterocycles. The number of hydrogen-bond donors (Lipinski definition) is 6. The summed E-state index contributed by atoms with van der Waals surface area (Å²) >= 11 is 0. The van der Waals surface area contributed by atoms with E-state index in [1.165, 1.54) is 23.7 Å². The molecule has 1 aromatic carbocycles. The Hall–Kier alpha value is -1.49. The highest BCUT2D eigenvalue weighted by Gasteiger charge is 2.44. The van der Waals surface area contributed by atoms with Gasteiger partial charge in [-0.25, -0.2) is 5.54 Å². The minimum atomic E-state index is -1.59. The van der Waals surface area contributed by atoms with Crippen molar-refractivity contribution in [1.82, 2.24) is 0 Å². The molecule has 124 valence electrons. The Morgan fingerprint density at radius 1 is 1.14 bits per heavy atom. The smallest absolute Gasteiger partial charge is 0.229 e. The van der Waals surface area contributed by atoms with Gasteiger partial charge in [-0.2, -0.15) is 0 Å². The molecule has 0 aliphatic carbocycles. The highest BCUT2D eigenvalue weighted by molar-refractivity contribution is 5.56. The van der Waals surface area contributed by atoms with Crippen LogP contribution in [-0.4, -0.2) is 62.8 Å². The third kappa shape index (κ3) is 3.29. The molecule has 2 rings (SSSR count). The van der Waals surface area contributed by atoms with Crippen LogP contribution in [0.1, 0.15) is 5.56 Å². The van der Waals surface area contributed by atoms with Crippen molar-refractivity contribution >= 4 is 5.69 Å². The molecule has 5 unspecified atom stereocenters. The van der Waals surface area contributed by atoms with Crippen molar-refractivity contribution in [3.63, 3.8) is 0 Å². The normalized spacial score (nSPS) is 31.8. The fourth-order valence-corrected chi connectivity index (χ4v) is 2.14. The minimum Gasteiger partial charge on any atom is -0.460 e. The molecule has 6 N–H and O–H groups in total. The van der Waals surface area contributed by atoms with Crippen molar-refractivity contribution in [3.8, 4) is 5.75 Å². The molecule has 1 fully saturated rings. The van der Waals surface area contributed by atoms with Crippen molar-refractivity contribution in [2.24, 2.45) is 0 Å². The molecule has 0 saturated carbocycles. The van der Waals surface area contributed by atoms with Crippen LogP contribution in [0.2, 0.25) is 0 Å². The Balaban J connectivity index is 2.18. The predicted octanol–water partition coefficient (Wildman–Crippen LogP) is -1.35. The van der Waals surface area contributed by atoms with E-state index in [9.17, 15) is 19.8 Å². The van der Waals surface area contributed by atoms with E-state index in [1.807, 2.05) is 0 Å². The molecule has 5 atom stereocenters. The maximum atomic E-state index is 12.8.